The van der Waals surface area contributed by atoms with Gasteiger partial charge in [-0.3, -0.25) is 14.6 Å². The fourth-order valence-electron chi connectivity index (χ4n) is 5.39. The second-order valence-corrected chi connectivity index (χ2v) is 13.9. The number of benzene rings is 2. The van der Waals surface area contributed by atoms with Gasteiger partial charge in [0.25, 0.3) is 5.91 Å². The zero-order valence-electron chi connectivity index (χ0n) is 28.7. The Labute approximate surface area is 274 Å². The number of hydrazine groups is 1. The van der Waals surface area contributed by atoms with Crippen LogP contribution in [-0.2, 0) is 36.7 Å². The van der Waals surface area contributed by atoms with E-state index in [4.69, 9.17) is 14.0 Å². The van der Waals surface area contributed by atoms with Crippen LogP contribution in [0.1, 0.15) is 58.2 Å². The number of hydrogen-bond donors (Lipinski definition) is 1. The zero-order valence-corrected chi connectivity index (χ0v) is 28.7. The van der Waals surface area contributed by atoms with E-state index < -0.39 is 18.8 Å². The van der Waals surface area contributed by atoms with Crippen LogP contribution < -0.4 is 10.8 Å². The SMILES string of the molecule is CCN(CCN(CC(=O)N(C)N1Cc2ccccc2C1)C(=O)CNc1ccc(B2OCC(C)(C)CO2)cc1C)C(=O)OC(C)(C)C. The van der Waals surface area contributed by atoms with Crippen molar-refractivity contribution in [1.82, 2.24) is 19.8 Å². The van der Waals surface area contributed by atoms with E-state index in [-0.39, 0.29) is 43.4 Å². The highest BCUT2D eigenvalue weighted by molar-refractivity contribution is 6.61. The molecule has 2 aliphatic rings. The van der Waals surface area contributed by atoms with Gasteiger partial charge < -0.3 is 29.2 Å². The molecule has 0 saturated carbocycles. The smallest absolute Gasteiger partial charge is 0.444 e. The molecule has 4 rings (SSSR count). The van der Waals surface area contributed by atoms with E-state index in [9.17, 15) is 14.4 Å². The Morgan fingerprint density at radius 1 is 0.978 bits per heavy atom. The maximum atomic E-state index is 13.7. The lowest BCUT2D eigenvalue weighted by atomic mass is 9.75. The average molecular weight is 636 g/mol. The van der Waals surface area contributed by atoms with E-state index in [1.807, 2.05) is 70.0 Å². The van der Waals surface area contributed by atoms with Gasteiger partial charge in [0.15, 0.2) is 0 Å². The Balaban J connectivity index is 1.41. The molecule has 0 unspecified atom stereocenters. The van der Waals surface area contributed by atoms with Crippen LogP contribution in [0.15, 0.2) is 42.5 Å². The molecule has 1 fully saturated rings. The van der Waals surface area contributed by atoms with E-state index >= 15 is 0 Å². The molecular formula is C34H50BN5O6. The minimum Gasteiger partial charge on any atom is -0.444 e. The van der Waals surface area contributed by atoms with Gasteiger partial charge in [-0.1, -0.05) is 50.2 Å². The third-order valence-corrected chi connectivity index (χ3v) is 8.16. The van der Waals surface area contributed by atoms with Crippen molar-refractivity contribution in [2.24, 2.45) is 5.41 Å². The standard InChI is InChI=1S/C34H50BN5O6/c1-9-38(32(43)46-33(3,4)5)16-17-39(22-31(42)37(8)40-20-26-12-10-11-13-27(26)21-40)30(41)19-36-29-15-14-28(18-25(29)2)35-44-23-34(6,7)24-45-35/h10-15,18,36H,9,16-17,19-24H2,1-8H3. The number of anilines is 1. The summed E-state index contributed by atoms with van der Waals surface area (Å²) in [7, 11) is 1.32. The number of carbonyl (C=O) groups excluding carboxylic acids is 3. The zero-order chi connectivity index (χ0) is 33.6. The maximum absolute atomic E-state index is 13.7. The van der Waals surface area contributed by atoms with Crippen molar-refractivity contribution in [1.29, 1.82) is 0 Å². The summed E-state index contributed by atoms with van der Waals surface area (Å²) < 4.78 is 17.4. The molecule has 0 bridgehead atoms. The highest BCUT2D eigenvalue weighted by Crippen LogP contribution is 2.24. The van der Waals surface area contributed by atoms with Crippen LogP contribution in [0.4, 0.5) is 10.5 Å². The number of aryl methyl sites for hydroxylation is 1. The first-order valence-electron chi connectivity index (χ1n) is 16.1. The molecule has 0 spiro atoms. The topological polar surface area (TPSA) is 104 Å². The molecule has 0 aliphatic carbocycles. The number of carbonyl (C=O) groups is 3. The summed E-state index contributed by atoms with van der Waals surface area (Å²) in [6.07, 6.45) is -0.455. The van der Waals surface area contributed by atoms with Gasteiger partial charge >= 0.3 is 13.2 Å². The van der Waals surface area contributed by atoms with Crippen molar-refractivity contribution in [3.05, 3.63) is 59.2 Å². The summed E-state index contributed by atoms with van der Waals surface area (Å²) in [5.41, 5.74) is 4.37. The van der Waals surface area contributed by atoms with Crippen LogP contribution in [-0.4, -0.2) is 103 Å². The van der Waals surface area contributed by atoms with Crippen LogP contribution in [0.25, 0.3) is 0 Å². The molecule has 1 saturated heterocycles. The summed E-state index contributed by atoms with van der Waals surface area (Å²) >= 11 is 0. The van der Waals surface area contributed by atoms with Crippen LogP contribution >= 0.6 is 0 Å². The molecule has 0 aromatic heterocycles. The molecule has 2 heterocycles. The first-order valence-corrected chi connectivity index (χ1v) is 16.1. The number of hydrogen-bond acceptors (Lipinski definition) is 8. The summed E-state index contributed by atoms with van der Waals surface area (Å²) in [5.74, 6) is -0.464. The minimum atomic E-state index is -0.644. The van der Waals surface area contributed by atoms with Gasteiger partial charge in [0.2, 0.25) is 5.91 Å². The average Bonchev–Trinajstić information content (AvgIpc) is 3.43. The number of amides is 3. The van der Waals surface area contributed by atoms with Gasteiger partial charge in [-0.2, -0.15) is 0 Å². The van der Waals surface area contributed by atoms with Crippen molar-refractivity contribution >= 4 is 36.2 Å². The summed E-state index contributed by atoms with van der Waals surface area (Å²) in [5, 5.41) is 6.81. The van der Waals surface area contributed by atoms with Gasteiger partial charge in [0, 0.05) is 64.1 Å². The predicted molar refractivity (Wildman–Crippen MR) is 179 cm³/mol. The van der Waals surface area contributed by atoms with Crippen molar-refractivity contribution in [2.45, 2.75) is 67.2 Å². The highest BCUT2D eigenvalue weighted by atomic mass is 16.6. The van der Waals surface area contributed by atoms with Gasteiger partial charge in [0.05, 0.1) is 6.54 Å². The minimum absolute atomic E-state index is 0.0179. The molecule has 0 atom stereocenters. The van der Waals surface area contributed by atoms with Crippen molar-refractivity contribution in [3.8, 4) is 0 Å². The predicted octanol–water partition coefficient (Wildman–Crippen LogP) is 3.65. The Morgan fingerprint density at radius 3 is 2.15 bits per heavy atom. The molecule has 2 aliphatic heterocycles. The van der Waals surface area contributed by atoms with E-state index in [0.29, 0.717) is 32.8 Å². The second-order valence-electron chi connectivity index (χ2n) is 13.9. The van der Waals surface area contributed by atoms with E-state index in [1.165, 1.54) is 16.0 Å². The first kappa shape index (κ1) is 35.3. The van der Waals surface area contributed by atoms with E-state index in [2.05, 4.69) is 31.3 Å². The van der Waals surface area contributed by atoms with E-state index in [0.717, 1.165) is 16.7 Å². The third kappa shape index (κ3) is 9.46. The summed E-state index contributed by atoms with van der Waals surface area (Å²) in [6.45, 7) is 16.6. The van der Waals surface area contributed by atoms with Crippen molar-refractivity contribution < 1.29 is 28.4 Å². The number of fused-ring (bicyclic) bond motifs is 1. The third-order valence-electron chi connectivity index (χ3n) is 8.16. The molecule has 46 heavy (non-hydrogen) atoms. The molecule has 250 valence electrons. The lowest BCUT2D eigenvalue weighted by molar-refractivity contribution is -0.151. The Hall–Kier alpha value is -3.61. The molecule has 3 amide bonds. The molecule has 1 N–H and O–H groups in total. The lowest BCUT2D eigenvalue weighted by Gasteiger charge is -2.33. The van der Waals surface area contributed by atoms with Gasteiger partial charge in [-0.05, 0) is 62.8 Å². The van der Waals surface area contributed by atoms with Crippen LogP contribution in [0.2, 0.25) is 0 Å². The highest BCUT2D eigenvalue weighted by Gasteiger charge is 2.34. The number of rotatable bonds is 11. The fraction of sp³-hybridized carbons (Fsp3) is 0.559. The van der Waals surface area contributed by atoms with Crippen LogP contribution in [0.5, 0.6) is 0 Å². The molecule has 12 heteroatoms. The monoisotopic (exact) mass is 635 g/mol. The maximum Gasteiger partial charge on any atom is 0.493 e. The largest absolute Gasteiger partial charge is 0.493 e. The molecule has 2 aromatic carbocycles. The fourth-order valence-corrected chi connectivity index (χ4v) is 5.39. The Kier molecular flexibility index (Phi) is 11.4. The molecule has 11 nitrogen and oxygen atoms in total. The van der Waals surface area contributed by atoms with Crippen LogP contribution in [0.3, 0.4) is 0 Å². The summed E-state index contributed by atoms with van der Waals surface area (Å²) in [6, 6.07) is 14.0. The number of likely N-dealkylation sites (N-methyl/N-ethyl adjacent to an activating group) is 2. The number of nitrogens with one attached hydrogen (secondary N) is 1. The van der Waals surface area contributed by atoms with Crippen molar-refractivity contribution in [3.63, 3.8) is 0 Å². The quantitative estimate of drug-likeness (QED) is 0.374. The number of ether oxygens (including phenoxy) is 1. The van der Waals surface area contributed by atoms with Crippen molar-refractivity contribution in [2.75, 3.05) is 58.3 Å². The van der Waals surface area contributed by atoms with Gasteiger partial charge in [-0.25, -0.2) is 9.80 Å². The Morgan fingerprint density at radius 2 is 1.59 bits per heavy atom. The van der Waals surface area contributed by atoms with Gasteiger partial charge in [0.1, 0.15) is 12.1 Å². The molecule has 0 radical (unpaired) electrons. The van der Waals surface area contributed by atoms with Gasteiger partial charge in [-0.15, -0.1) is 0 Å². The second kappa shape index (κ2) is 14.9. The normalized spacial score (nSPS) is 16.0. The molecular weight excluding hydrogens is 585 g/mol. The van der Waals surface area contributed by atoms with Crippen LogP contribution in [0, 0.1) is 12.3 Å². The van der Waals surface area contributed by atoms with E-state index in [1.54, 1.807) is 17.0 Å². The first-order chi connectivity index (χ1) is 21.7. The number of nitrogens with zero attached hydrogens (tertiary/aromatic N) is 4. The Bertz CT molecular complexity index is 1360. The summed E-state index contributed by atoms with van der Waals surface area (Å²) in [4.78, 5) is 43.0. The lowest BCUT2D eigenvalue weighted by Crippen LogP contribution is -2.50. The molecule has 2 aromatic rings.